The fourth-order valence-corrected chi connectivity index (χ4v) is 5.15. The number of carbonyl (C=O) groups is 2. The molecule has 0 bridgehead atoms. The molecule has 6 rings (SSSR count). The van der Waals surface area contributed by atoms with Gasteiger partial charge in [0.1, 0.15) is 29.0 Å². The Kier molecular flexibility index (Phi) is 7.05. The number of benzodiazepines with no additional fused rings is 1. The standard InChI is InChI=1S/C31H27F2N5O3/c1-2-19-12-9-17-38-31(41-19)24(27(37-38)20-13-6-7-15-22(20)32)29(39)36-28-30(40)35-26-21(14-8-16-23(26)33)25(34-28)18-10-4-3-5-11-18/h3-8,10-11,13-16,19,28H,2,9,12,17H2,1H3,(H,35,40)(H,36,39)/t19?,28-/m1/s1. The Morgan fingerprint density at radius 1 is 1.02 bits per heavy atom. The molecule has 0 saturated carbocycles. The van der Waals surface area contributed by atoms with Crippen LogP contribution in [-0.4, -0.2) is 39.6 Å². The fourth-order valence-electron chi connectivity index (χ4n) is 5.15. The minimum Gasteiger partial charge on any atom is -0.474 e. The molecule has 41 heavy (non-hydrogen) atoms. The number of nitrogens with one attached hydrogen (secondary N) is 2. The van der Waals surface area contributed by atoms with Crippen LogP contribution in [0.2, 0.25) is 0 Å². The fraction of sp³-hybridized carbons (Fsp3) is 0.226. The monoisotopic (exact) mass is 555 g/mol. The number of benzene rings is 3. The highest BCUT2D eigenvalue weighted by Gasteiger charge is 2.34. The molecule has 0 fully saturated rings. The van der Waals surface area contributed by atoms with Gasteiger partial charge in [0.2, 0.25) is 12.0 Å². The molecule has 2 N–H and O–H groups in total. The molecule has 3 aromatic carbocycles. The Morgan fingerprint density at radius 3 is 2.54 bits per heavy atom. The molecular formula is C31H27F2N5O3. The van der Waals surface area contributed by atoms with Crippen LogP contribution in [0, 0.1) is 11.6 Å². The second-order valence-electron chi connectivity index (χ2n) is 9.89. The maximum absolute atomic E-state index is 15.0. The summed E-state index contributed by atoms with van der Waals surface area (Å²) in [5.41, 5.74) is 1.54. The van der Waals surface area contributed by atoms with Gasteiger partial charge in [-0.1, -0.05) is 61.5 Å². The lowest BCUT2D eigenvalue weighted by Gasteiger charge is -2.17. The molecule has 1 aromatic heterocycles. The number of rotatable bonds is 5. The maximum atomic E-state index is 15.0. The number of halogens is 2. The van der Waals surface area contributed by atoms with E-state index in [1.807, 2.05) is 13.0 Å². The van der Waals surface area contributed by atoms with Crippen molar-refractivity contribution in [1.29, 1.82) is 0 Å². The van der Waals surface area contributed by atoms with Crippen molar-refractivity contribution < 1.29 is 23.1 Å². The third-order valence-electron chi connectivity index (χ3n) is 7.23. The smallest absolute Gasteiger partial charge is 0.269 e. The van der Waals surface area contributed by atoms with Gasteiger partial charge >= 0.3 is 0 Å². The van der Waals surface area contributed by atoms with Crippen molar-refractivity contribution in [2.75, 3.05) is 5.32 Å². The van der Waals surface area contributed by atoms with Crippen LogP contribution in [0.5, 0.6) is 5.88 Å². The van der Waals surface area contributed by atoms with Crippen LogP contribution < -0.4 is 15.4 Å². The van der Waals surface area contributed by atoms with Crippen molar-refractivity contribution in [3.05, 3.63) is 101 Å². The predicted molar refractivity (Wildman–Crippen MR) is 150 cm³/mol. The second kappa shape index (κ2) is 11.0. The molecule has 3 heterocycles. The first-order chi connectivity index (χ1) is 19.9. The van der Waals surface area contributed by atoms with Crippen LogP contribution in [0.15, 0.2) is 77.8 Å². The Balaban J connectivity index is 1.45. The third kappa shape index (κ3) is 4.97. The van der Waals surface area contributed by atoms with E-state index in [9.17, 15) is 18.4 Å². The third-order valence-corrected chi connectivity index (χ3v) is 7.23. The molecule has 2 aliphatic rings. The summed E-state index contributed by atoms with van der Waals surface area (Å²) >= 11 is 0. The number of carbonyl (C=O) groups excluding carboxylic acids is 2. The van der Waals surface area contributed by atoms with Gasteiger partial charge < -0.3 is 15.4 Å². The minimum atomic E-state index is -1.43. The lowest BCUT2D eigenvalue weighted by molar-refractivity contribution is -0.117. The maximum Gasteiger partial charge on any atom is 0.269 e. The van der Waals surface area contributed by atoms with E-state index in [4.69, 9.17) is 4.74 Å². The molecule has 0 spiro atoms. The van der Waals surface area contributed by atoms with E-state index in [-0.39, 0.29) is 34.5 Å². The average molecular weight is 556 g/mol. The molecule has 10 heteroatoms. The van der Waals surface area contributed by atoms with Crippen LogP contribution in [0.1, 0.15) is 47.7 Å². The Bertz CT molecular complexity index is 1670. The number of amides is 2. The predicted octanol–water partition coefficient (Wildman–Crippen LogP) is 5.33. The average Bonchev–Trinajstić information content (AvgIpc) is 3.11. The Morgan fingerprint density at radius 2 is 1.76 bits per heavy atom. The molecule has 2 aliphatic heterocycles. The van der Waals surface area contributed by atoms with E-state index < -0.39 is 29.6 Å². The van der Waals surface area contributed by atoms with Gasteiger partial charge in [-0.25, -0.2) is 18.5 Å². The SMILES string of the molecule is CCC1CCCn2nc(-c3ccccc3F)c(C(=O)N[C@H]3N=C(c4ccccc4)c4cccc(F)c4NC3=O)c2O1. The molecule has 1 unspecified atom stereocenters. The zero-order chi connectivity index (χ0) is 28.5. The summed E-state index contributed by atoms with van der Waals surface area (Å²) in [6.07, 6.45) is 0.664. The summed E-state index contributed by atoms with van der Waals surface area (Å²) in [6.45, 7) is 2.47. The second-order valence-corrected chi connectivity index (χ2v) is 9.89. The highest BCUT2D eigenvalue weighted by molar-refractivity contribution is 6.20. The van der Waals surface area contributed by atoms with Crippen LogP contribution in [0.4, 0.5) is 14.5 Å². The van der Waals surface area contributed by atoms with Gasteiger partial charge in [0.05, 0.1) is 11.4 Å². The number of ether oxygens (including phenoxy) is 1. The van der Waals surface area contributed by atoms with Crippen LogP contribution in [0.3, 0.4) is 0 Å². The van der Waals surface area contributed by atoms with Gasteiger partial charge in [-0.15, -0.1) is 0 Å². The first kappa shape index (κ1) is 26.4. The van der Waals surface area contributed by atoms with Crippen LogP contribution >= 0.6 is 0 Å². The van der Waals surface area contributed by atoms with Crippen molar-refractivity contribution in [3.8, 4) is 17.1 Å². The molecular weight excluding hydrogens is 528 g/mol. The molecule has 0 aliphatic carbocycles. The summed E-state index contributed by atoms with van der Waals surface area (Å²) in [5.74, 6) is -2.42. The zero-order valence-corrected chi connectivity index (χ0v) is 22.2. The van der Waals surface area contributed by atoms with E-state index in [0.29, 0.717) is 29.8 Å². The lowest BCUT2D eigenvalue weighted by atomic mass is 10.0. The van der Waals surface area contributed by atoms with Crippen molar-refractivity contribution in [3.63, 3.8) is 0 Å². The lowest BCUT2D eigenvalue weighted by Crippen LogP contribution is -2.42. The zero-order valence-electron chi connectivity index (χ0n) is 22.2. The summed E-state index contributed by atoms with van der Waals surface area (Å²) in [5, 5.41) is 9.83. The van der Waals surface area contributed by atoms with Gasteiger partial charge in [-0.2, -0.15) is 5.10 Å². The number of nitrogens with zero attached hydrogens (tertiary/aromatic N) is 3. The van der Waals surface area contributed by atoms with E-state index in [2.05, 4.69) is 20.7 Å². The topological polar surface area (TPSA) is 97.6 Å². The summed E-state index contributed by atoms with van der Waals surface area (Å²) in [4.78, 5) is 32.0. The summed E-state index contributed by atoms with van der Waals surface area (Å²) in [6, 6.07) is 19.5. The summed E-state index contributed by atoms with van der Waals surface area (Å²) in [7, 11) is 0. The van der Waals surface area contributed by atoms with Gasteiger partial charge in [-0.3, -0.25) is 9.59 Å². The Labute approximate surface area is 235 Å². The highest BCUT2D eigenvalue weighted by atomic mass is 19.1. The molecule has 2 atom stereocenters. The molecule has 8 nitrogen and oxygen atoms in total. The number of anilines is 1. The molecule has 2 amide bonds. The normalized spacial score (nSPS) is 18.1. The number of para-hydroxylation sites is 1. The van der Waals surface area contributed by atoms with E-state index in [1.54, 1.807) is 47.1 Å². The summed E-state index contributed by atoms with van der Waals surface area (Å²) < 4.78 is 37.7. The van der Waals surface area contributed by atoms with Gasteiger partial charge in [0, 0.05) is 23.2 Å². The first-order valence-electron chi connectivity index (χ1n) is 13.5. The molecule has 0 saturated heterocycles. The highest BCUT2D eigenvalue weighted by Crippen LogP contribution is 2.35. The first-order valence-corrected chi connectivity index (χ1v) is 13.5. The van der Waals surface area contributed by atoms with Crippen LogP contribution in [-0.2, 0) is 11.3 Å². The molecule has 208 valence electrons. The number of hydrogen-bond donors (Lipinski definition) is 2. The van der Waals surface area contributed by atoms with Crippen molar-refractivity contribution in [2.45, 2.75) is 45.0 Å². The van der Waals surface area contributed by atoms with E-state index in [0.717, 1.165) is 12.8 Å². The van der Waals surface area contributed by atoms with Gasteiger partial charge in [0.25, 0.3) is 11.8 Å². The number of aliphatic imine (C=N–C) groups is 1. The minimum absolute atomic E-state index is 0.00709. The molecule has 0 radical (unpaired) electrons. The molecule has 4 aromatic rings. The van der Waals surface area contributed by atoms with Crippen molar-refractivity contribution in [2.24, 2.45) is 4.99 Å². The van der Waals surface area contributed by atoms with E-state index >= 15 is 0 Å². The van der Waals surface area contributed by atoms with E-state index in [1.165, 1.54) is 24.3 Å². The number of aryl methyl sites for hydroxylation is 1. The number of hydrogen-bond acceptors (Lipinski definition) is 5. The van der Waals surface area contributed by atoms with Crippen molar-refractivity contribution >= 4 is 23.2 Å². The van der Waals surface area contributed by atoms with Crippen LogP contribution in [0.25, 0.3) is 11.3 Å². The van der Waals surface area contributed by atoms with Crippen molar-refractivity contribution in [1.82, 2.24) is 15.1 Å². The number of aromatic nitrogens is 2. The number of fused-ring (bicyclic) bond motifs is 2. The van der Waals surface area contributed by atoms with Gasteiger partial charge in [-0.05, 0) is 37.5 Å². The quantitative estimate of drug-likeness (QED) is 0.348. The van der Waals surface area contributed by atoms with Gasteiger partial charge in [0.15, 0.2) is 0 Å². The largest absolute Gasteiger partial charge is 0.474 e. The Hall–Kier alpha value is -4.86.